The van der Waals surface area contributed by atoms with E-state index in [1.165, 1.54) is 38.5 Å². The van der Waals surface area contributed by atoms with Crippen LogP contribution in [0.3, 0.4) is 0 Å². The summed E-state index contributed by atoms with van der Waals surface area (Å²) in [5.74, 6) is 5.78. The number of hydrogen-bond donors (Lipinski definition) is 1. The van der Waals surface area contributed by atoms with Crippen LogP contribution in [0.1, 0.15) is 71.6 Å². The third-order valence-corrected chi connectivity index (χ3v) is 7.52. The molecule has 5 rings (SSSR count). The first-order valence-electron chi connectivity index (χ1n) is 9.29. The largest absolute Gasteiger partial charge is 0.327 e. The van der Waals surface area contributed by atoms with Gasteiger partial charge in [-0.3, -0.25) is 0 Å². The molecule has 2 N–H and O–H groups in total. The zero-order valence-corrected chi connectivity index (χ0v) is 13.5. The Kier molecular flexibility index (Phi) is 3.22. The fraction of sp³-hybridized carbons (Fsp3) is 1.00. The van der Waals surface area contributed by atoms with E-state index < -0.39 is 0 Å². The van der Waals surface area contributed by atoms with Crippen molar-refractivity contribution < 1.29 is 0 Å². The van der Waals surface area contributed by atoms with Gasteiger partial charge >= 0.3 is 0 Å². The monoisotopic (exact) mass is 275 g/mol. The maximum atomic E-state index is 6.97. The highest BCUT2D eigenvalue weighted by Gasteiger charge is 2.54. The van der Waals surface area contributed by atoms with Gasteiger partial charge in [-0.2, -0.15) is 0 Å². The predicted molar refractivity (Wildman–Crippen MR) is 84.2 cm³/mol. The lowest BCUT2D eigenvalue weighted by Gasteiger charge is -2.60. The maximum absolute atomic E-state index is 6.97. The van der Waals surface area contributed by atoms with Crippen molar-refractivity contribution in [2.45, 2.75) is 77.7 Å². The Morgan fingerprint density at radius 2 is 1.20 bits per heavy atom. The van der Waals surface area contributed by atoms with E-state index in [0.29, 0.717) is 11.5 Å². The van der Waals surface area contributed by atoms with Crippen LogP contribution >= 0.6 is 0 Å². The summed E-state index contributed by atoms with van der Waals surface area (Å²) in [7, 11) is 0. The molecule has 3 atom stereocenters. The summed E-state index contributed by atoms with van der Waals surface area (Å²) in [5.41, 5.74) is 7.54. The molecule has 0 saturated heterocycles. The molecule has 5 saturated carbocycles. The molecule has 0 aromatic heterocycles. The number of hydrogen-bond acceptors (Lipinski definition) is 1. The van der Waals surface area contributed by atoms with Crippen molar-refractivity contribution in [3.63, 3.8) is 0 Å². The van der Waals surface area contributed by atoms with Crippen LogP contribution in [0, 0.1) is 40.9 Å². The Bertz CT molecular complexity index is 329. The minimum atomic E-state index is 0.515. The van der Waals surface area contributed by atoms with E-state index in [9.17, 15) is 0 Å². The van der Waals surface area contributed by atoms with E-state index in [-0.39, 0.29) is 0 Å². The van der Waals surface area contributed by atoms with Gasteiger partial charge in [0.1, 0.15) is 0 Å². The normalized spacial score (nSPS) is 56.0. The Balaban J connectivity index is 1.54. The van der Waals surface area contributed by atoms with Gasteiger partial charge in [0, 0.05) is 6.04 Å². The zero-order chi connectivity index (χ0) is 13.9. The lowest BCUT2D eigenvalue weighted by atomic mass is 9.46. The Morgan fingerprint density at radius 3 is 1.65 bits per heavy atom. The van der Waals surface area contributed by atoms with E-state index in [1.54, 1.807) is 19.3 Å². The number of rotatable bonds is 2. The summed E-state index contributed by atoms with van der Waals surface area (Å²) >= 11 is 0. The third kappa shape index (κ3) is 2.16. The van der Waals surface area contributed by atoms with Gasteiger partial charge in [-0.05, 0) is 98.7 Å². The summed E-state index contributed by atoms with van der Waals surface area (Å²) in [5, 5.41) is 0. The fourth-order valence-corrected chi connectivity index (χ4v) is 7.39. The van der Waals surface area contributed by atoms with E-state index in [1.807, 2.05) is 0 Å². The molecular weight excluding hydrogens is 242 g/mol. The quantitative estimate of drug-likeness (QED) is 0.783. The average molecular weight is 275 g/mol. The van der Waals surface area contributed by atoms with Gasteiger partial charge in [0.15, 0.2) is 0 Å². The summed E-state index contributed by atoms with van der Waals surface area (Å²) in [6, 6.07) is 0.515. The third-order valence-electron chi connectivity index (χ3n) is 7.52. The first kappa shape index (κ1) is 13.6. The van der Waals surface area contributed by atoms with E-state index in [0.717, 1.165) is 35.5 Å². The molecule has 0 amide bonds. The van der Waals surface area contributed by atoms with Gasteiger partial charge in [-0.15, -0.1) is 0 Å². The highest BCUT2D eigenvalue weighted by Crippen LogP contribution is 2.62. The second kappa shape index (κ2) is 4.73. The Hall–Kier alpha value is -0.0400. The molecule has 0 aromatic carbocycles. The van der Waals surface area contributed by atoms with E-state index in [2.05, 4.69) is 13.8 Å². The van der Waals surface area contributed by atoms with Crippen LogP contribution in [-0.4, -0.2) is 6.04 Å². The lowest BCUT2D eigenvalue weighted by Crippen LogP contribution is -2.57. The Labute approximate surface area is 125 Å². The smallest absolute Gasteiger partial charge is 0.0124 e. The molecule has 5 fully saturated rings. The summed E-state index contributed by atoms with van der Waals surface area (Å²) in [6.07, 6.45) is 13.3. The summed E-state index contributed by atoms with van der Waals surface area (Å²) in [6.45, 7) is 4.91. The van der Waals surface area contributed by atoms with Crippen molar-refractivity contribution in [3.8, 4) is 0 Å². The topological polar surface area (TPSA) is 26.0 Å². The van der Waals surface area contributed by atoms with Crippen molar-refractivity contribution in [2.24, 2.45) is 46.7 Å². The molecule has 114 valence electrons. The zero-order valence-electron chi connectivity index (χ0n) is 13.5. The van der Waals surface area contributed by atoms with E-state index in [4.69, 9.17) is 5.73 Å². The maximum Gasteiger partial charge on any atom is 0.0124 e. The van der Waals surface area contributed by atoms with Gasteiger partial charge < -0.3 is 5.73 Å². The first-order chi connectivity index (χ1) is 9.54. The number of nitrogens with two attached hydrogens (primary N) is 1. The lowest BCUT2D eigenvalue weighted by molar-refractivity contribution is -0.0825. The molecule has 0 heterocycles. The van der Waals surface area contributed by atoms with Crippen LogP contribution in [0.5, 0.6) is 0 Å². The highest BCUT2D eigenvalue weighted by atomic mass is 14.8. The second-order valence-electron chi connectivity index (χ2n) is 9.48. The van der Waals surface area contributed by atoms with Crippen molar-refractivity contribution in [2.75, 3.05) is 0 Å². The van der Waals surface area contributed by atoms with Crippen molar-refractivity contribution in [3.05, 3.63) is 0 Å². The second-order valence-corrected chi connectivity index (χ2v) is 9.48. The van der Waals surface area contributed by atoms with Crippen LogP contribution in [-0.2, 0) is 0 Å². The minimum absolute atomic E-state index is 0.515. The molecule has 4 bridgehead atoms. The van der Waals surface area contributed by atoms with Crippen molar-refractivity contribution in [1.82, 2.24) is 0 Å². The minimum Gasteiger partial charge on any atom is -0.327 e. The van der Waals surface area contributed by atoms with Crippen LogP contribution < -0.4 is 5.73 Å². The summed E-state index contributed by atoms with van der Waals surface area (Å²) < 4.78 is 0. The molecule has 0 spiro atoms. The molecule has 0 aromatic rings. The molecule has 1 nitrogen and oxygen atoms in total. The first-order valence-corrected chi connectivity index (χ1v) is 9.29. The average Bonchev–Trinajstić information content (AvgIpc) is 2.35. The molecule has 20 heavy (non-hydrogen) atoms. The van der Waals surface area contributed by atoms with Crippen LogP contribution in [0.4, 0.5) is 0 Å². The molecule has 5 aliphatic carbocycles. The molecule has 0 radical (unpaired) electrons. The van der Waals surface area contributed by atoms with Gasteiger partial charge in [0.25, 0.3) is 0 Å². The molecule has 0 aliphatic heterocycles. The predicted octanol–water partition coefficient (Wildman–Crippen LogP) is 4.60. The molecule has 5 aliphatic rings. The van der Waals surface area contributed by atoms with Gasteiger partial charge in [-0.1, -0.05) is 13.8 Å². The van der Waals surface area contributed by atoms with E-state index >= 15 is 0 Å². The highest BCUT2D eigenvalue weighted by molar-refractivity contribution is 5.07. The molecular formula is C19H33N. The van der Waals surface area contributed by atoms with Gasteiger partial charge in [-0.25, -0.2) is 0 Å². The van der Waals surface area contributed by atoms with Crippen LogP contribution in [0.15, 0.2) is 0 Å². The Morgan fingerprint density at radius 1 is 0.750 bits per heavy atom. The van der Waals surface area contributed by atoms with Crippen molar-refractivity contribution in [1.29, 1.82) is 0 Å². The van der Waals surface area contributed by atoms with Crippen LogP contribution in [0.25, 0.3) is 0 Å². The SMILES string of the molecule is CC1CC(C)CC(C(N)C23CC4CC(CC(C4)C2)C3)C1. The standard InChI is InChI=1S/C19H33N/c1-12-3-13(2)5-17(4-12)18(20)19-9-14-6-15(10-19)8-16(7-14)11-19/h12-18H,3-11,20H2,1-2H3. The fourth-order valence-electron chi connectivity index (χ4n) is 7.39. The van der Waals surface area contributed by atoms with Gasteiger partial charge in [0.2, 0.25) is 0 Å². The molecule has 1 heteroatoms. The summed E-state index contributed by atoms with van der Waals surface area (Å²) in [4.78, 5) is 0. The van der Waals surface area contributed by atoms with Gasteiger partial charge in [0.05, 0.1) is 0 Å². The molecule has 3 unspecified atom stereocenters. The van der Waals surface area contributed by atoms with Crippen molar-refractivity contribution >= 4 is 0 Å². The van der Waals surface area contributed by atoms with Crippen LogP contribution in [0.2, 0.25) is 0 Å².